The molecule has 1 aliphatic carbocycles. The summed E-state index contributed by atoms with van der Waals surface area (Å²) in [5, 5.41) is 12.7. The third-order valence-electron chi connectivity index (χ3n) is 3.45. The van der Waals surface area contributed by atoms with Gasteiger partial charge in [-0.05, 0) is 31.7 Å². The van der Waals surface area contributed by atoms with Gasteiger partial charge in [-0.1, -0.05) is 6.42 Å². The summed E-state index contributed by atoms with van der Waals surface area (Å²) in [6.07, 6.45) is 10.4. The highest BCUT2D eigenvalue weighted by Crippen LogP contribution is 2.24. The van der Waals surface area contributed by atoms with Crippen LogP contribution in [-0.4, -0.2) is 33.9 Å². The number of hydrogen-bond acceptors (Lipinski definition) is 3. The maximum Gasteiger partial charge on any atom is 0.0945 e. The fraction of sp³-hybridized carbons (Fsp3) is 0.750. The number of rotatable bonds is 6. The van der Waals surface area contributed by atoms with Crippen molar-refractivity contribution in [3.05, 3.63) is 18.7 Å². The first-order chi connectivity index (χ1) is 7.90. The zero-order chi connectivity index (χ0) is 11.2. The number of aliphatic hydroxyl groups is 1. The van der Waals surface area contributed by atoms with Crippen LogP contribution in [0, 0.1) is 5.92 Å². The minimum absolute atomic E-state index is 0.333. The number of nitrogens with one attached hydrogen (secondary N) is 1. The Morgan fingerprint density at radius 2 is 2.38 bits per heavy atom. The van der Waals surface area contributed by atoms with Gasteiger partial charge >= 0.3 is 0 Å². The van der Waals surface area contributed by atoms with E-state index in [0.29, 0.717) is 18.6 Å². The lowest BCUT2D eigenvalue weighted by atomic mass is 10.1. The van der Waals surface area contributed by atoms with Crippen LogP contribution < -0.4 is 5.32 Å². The van der Waals surface area contributed by atoms with Gasteiger partial charge in [-0.15, -0.1) is 0 Å². The summed E-state index contributed by atoms with van der Waals surface area (Å²) in [4.78, 5) is 4.01. The molecule has 1 aliphatic rings. The zero-order valence-corrected chi connectivity index (χ0v) is 9.68. The highest BCUT2D eigenvalue weighted by molar-refractivity contribution is 4.82. The third-order valence-corrected chi connectivity index (χ3v) is 3.45. The van der Waals surface area contributed by atoms with Crippen molar-refractivity contribution in [2.75, 3.05) is 13.2 Å². The molecule has 0 aromatic carbocycles. The topological polar surface area (TPSA) is 50.1 Å². The van der Waals surface area contributed by atoms with Gasteiger partial charge in [-0.3, -0.25) is 0 Å². The van der Waals surface area contributed by atoms with Crippen molar-refractivity contribution in [2.24, 2.45) is 5.92 Å². The van der Waals surface area contributed by atoms with Crippen molar-refractivity contribution in [1.29, 1.82) is 0 Å². The maximum absolute atomic E-state index is 9.19. The second-order valence-corrected chi connectivity index (χ2v) is 4.59. The summed E-state index contributed by atoms with van der Waals surface area (Å²) in [6, 6.07) is 0.535. The number of aromatic nitrogens is 2. The van der Waals surface area contributed by atoms with Gasteiger partial charge in [0.1, 0.15) is 0 Å². The van der Waals surface area contributed by atoms with Crippen LogP contribution >= 0.6 is 0 Å². The molecule has 0 saturated heterocycles. The smallest absolute Gasteiger partial charge is 0.0945 e. The van der Waals surface area contributed by atoms with Gasteiger partial charge in [-0.25, -0.2) is 4.98 Å². The number of aliphatic hydroxyl groups excluding tert-OH is 1. The second-order valence-electron chi connectivity index (χ2n) is 4.59. The van der Waals surface area contributed by atoms with E-state index in [-0.39, 0.29) is 0 Å². The lowest BCUT2D eigenvalue weighted by Crippen LogP contribution is -2.34. The normalized spacial score (nSPS) is 25.1. The van der Waals surface area contributed by atoms with Crippen molar-refractivity contribution in [2.45, 2.75) is 38.3 Å². The van der Waals surface area contributed by atoms with Crippen molar-refractivity contribution < 1.29 is 5.11 Å². The Bertz CT molecular complexity index is 286. The molecular weight excluding hydrogens is 202 g/mol. The Morgan fingerprint density at radius 1 is 1.44 bits per heavy atom. The van der Waals surface area contributed by atoms with Gasteiger partial charge in [0.15, 0.2) is 0 Å². The summed E-state index contributed by atoms with van der Waals surface area (Å²) in [7, 11) is 0. The molecule has 2 N–H and O–H groups in total. The van der Waals surface area contributed by atoms with Gasteiger partial charge in [0.25, 0.3) is 0 Å². The van der Waals surface area contributed by atoms with Gasteiger partial charge < -0.3 is 15.0 Å². The standard InChI is InChI=1S/C12H21N3O/c16-9-11-3-1-4-12(11)14-5-2-7-15-8-6-13-10-15/h6,8,10-12,14,16H,1-5,7,9H2. The molecule has 4 heteroatoms. The number of imidazole rings is 1. The molecule has 0 bridgehead atoms. The van der Waals surface area contributed by atoms with Gasteiger partial charge in [0, 0.05) is 31.6 Å². The molecular formula is C12H21N3O. The minimum atomic E-state index is 0.333. The molecule has 2 atom stereocenters. The molecule has 1 saturated carbocycles. The molecule has 0 spiro atoms. The monoisotopic (exact) mass is 223 g/mol. The highest BCUT2D eigenvalue weighted by atomic mass is 16.3. The van der Waals surface area contributed by atoms with Crippen LogP contribution in [0.2, 0.25) is 0 Å². The van der Waals surface area contributed by atoms with E-state index in [1.54, 1.807) is 0 Å². The largest absolute Gasteiger partial charge is 0.396 e. The Hall–Kier alpha value is -0.870. The molecule has 1 fully saturated rings. The molecule has 1 heterocycles. The summed E-state index contributed by atoms with van der Waals surface area (Å²) >= 11 is 0. The molecule has 16 heavy (non-hydrogen) atoms. The van der Waals surface area contributed by atoms with E-state index in [1.165, 1.54) is 19.3 Å². The van der Waals surface area contributed by atoms with Crippen molar-refractivity contribution in [1.82, 2.24) is 14.9 Å². The third kappa shape index (κ3) is 3.06. The Labute approximate surface area is 96.7 Å². The molecule has 1 aromatic rings. The number of hydrogen-bond donors (Lipinski definition) is 2. The summed E-state index contributed by atoms with van der Waals surface area (Å²) in [5.74, 6) is 0.480. The van der Waals surface area contributed by atoms with Gasteiger partial charge in [0.05, 0.1) is 6.33 Å². The van der Waals surface area contributed by atoms with Crippen LogP contribution in [0.4, 0.5) is 0 Å². The second kappa shape index (κ2) is 6.01. The fourth-order valence-electron chi connectivity index (χ4n) is 2.49. The van der Waals surface area contributed by atoms with E-state index in [0.717, 1.165) is 19.5 Å². The minimum Gasteiger partial charge on any atom is -0.396 e. The van der Waals surface area contributed by atoms with E-state index >= 15 is 0 Å². The van der Waals surface area contributed by atoms with Crippen LogP contribution in [0.15, 0.2) is 18.7 Å². The maximum atomic E-state index is 9.19. The van der Waals surface area contributed by atoms with Crippen LogP contribution in [0.25, 0.3) is 0 Å². The predicted octanol–water partition coefficient (Wildman–Crippen LogP) is 1.02. The van der Waals surface area contributed by atoms with Crippen LogP contribution in [-0.2, 0) is 6.54 Å². The van der Waals surface area contributed by atoms with E-state index in [4.69, 9.17) is 0 Å². The SMILES string of the molecule is OCC1CCCC1NCCCn1ccnc1. The van der Waals surface area contributed by atoms with E-state index in [1.807, 2.05) is 18.7 Å². The van der Waals surface area contributed by atoms with Crippen LogP contribution in [0.3, 0.4) is 0 Å². The number of nitrogens with zero attached hydrogens (tertiary/aromatic N) is 2. The Kier molecular flexibility index (Phi) is 4.36. The lowest BCUT2D eigenvalue weighted by Gasteiger charge is -2.18. The molecule has 2 rings (SSSR count). The quantitative estimate of drug-likeness (QED) is 0.708. The summed E-state index contributed by atoms with van der Waals surface area (Å²) in [6.45, 7) is 2.38. The average Bonchev–Trinajstić information content (AvgIpc) is 2.95. The average molecular weight is 223 g/mol. The van der Waals surface area contributed by atoms with Crippen molar-refractivity contribution in [3.8, 4) is 0 Å². The Balaban J connectivity index is 1.61. The zero-order valence-electron chi connectivity index (χ0n) is 9.68. The van der Waals surface area contributed by atoms with Crippen LogP contribution in [0.1, 0.15) is 25.7 Å². The summed E-state index contributed by atoms with van der Waals surface area (Å²) < 4.78 is 2.10. The number of aryl methyl sites for hydroxylation is 1. The first-order valence-corrected chi connectivity index (χ1v) is 6.20. The Morgan fingerprint density at radius 3 is 3.12 bits per heavy atom. The van der Waals surface area contributed by atoms with E-state index < -0.39 is 0 Å². The first-order valence-electron chi connectivity index (χ1n) is 6.20. The van der Waals surface area contributed by atoms with Gasteiger partial charge in [-0.2, -0.15) is 0 Å². The molecule has 1 aromatic heterocycles. The van der Waals surface area contributed by atoms with Crippen molar-refractivity contribution >= 4 is 0 Å². The van der Waals surface area contributed by atoms with Crippen molar-refractivity contribution in [3.63, 3.8) is 0 Å². The molecule has 4 nitrogen and oxygen atoms in total. The fourth-order valence-corrected chi connectivity index (χ4v) is 2.49. The first kappa shape index (κ1) is 11.6. The molecule has 0 amide bonds. The lowest BCUT2D eigenvalue weighted by molar-refractivity contribution is 0.205. The molecule has 2 unspecified atom stereocenters. The molecule has 0 radical (unpaired) electrons. The molecule has 90 valence electrons. The highest BCUT2D eigenvalue weighted by Gasteiger charge is 2.25. The summed E-state index contributed by atoms with van der Waals surface area (Å²) in [5.41, 5.74) is 0. The molecule has 0 aliphatic heterocycles. The van der Waals surface area contributed by atoms with Crippen LogP contribution in [0.5, 0.6) is 0 Å². The van der Waals surface area contributed by atoms with E-state index in [9.17, 15) is 5.11 Å². The van der Waals surface area contributed by atoms with Gasteiger partial charge in [0.2, 0.25) is 0 Å². The van der Waals surface area contributed by atoms with E-state index in [2.05, 4.69) is 14.9 Å². The predicted molar refractivity (Wildman–Crippen MR) is 63.1 cm³/mol.